The zero-order valence-electron chi connectivity index (χ0n) is 10.4. The van der Waals surface area contributed by atoms with E-state index in [0.717, 1.165) is 9.26 Å². The van der Waals surface area contributed by atoms with Crippen molar-refractivity contribution in [2.45, 2.75) is 20.0 Å². The van der Waals surface area contributed by atoms with Crippen molar-refractivity contribution in [2.24, 2.45) is 0 Å². The van der Waals surface area contributed by atoms with Gasteiger partial charge in [-0.05, 0) is 41.1 Å². The Labute approximate surface area is 133 Å². The molecule has 1 aromatic heterocycles. The molecular formula is C13H10ClF2IN2O. The Kier molecular flexibility index (Phi) is 5.09. The number of hydrogen-bond acceptors (Lipinski definition) is 3. The zero-order valence-corrected chi connectivity index (χ0v) is 13.3. The summed E-state index contributed by atoms with van der Waals surface area (Å²) in [6.45, 7) is -0.965. The lowest BCUT2D eigenvalue weighted by atomic mass is 10.2. The molecule has 0 N–H and O–H groups in total. The average molecular weight is 411 g/mol. The molecule has 1 heterocycles. The van der Waals surface area contributed by atoms with Gasteiger partial charge in [0, 0.05) is 0 Å². The van der Waals surface area contributed by atoms with Crippen molar-refractivity contribution in [1.82, 2.24) is 9.97 Å². The maximum atomic E-state index is 12.4. The second kappa shape index (κ2) is 6.62. The molecule has 0 aliphatic carbocycles. The van der Waals surface area contributed by atoms with Crippen LogP contribution in [0.4, 0.5) is 8.78 Å². The molecule has 3 nitrogen and oxygen atoms in total. The number of para-hydroxylation sites is 1. The number of ether oxygens (including phenoxy) is 1. The first-order valence-corrected chi connectivity index (χ1v) is 7.24. The van der Waals surface area contributed by atoms with E-state index in [1.54, 1.807) is 18.2 Å². The van der Waals surface area contributed by atoms with Crippen LogP contribution in [0.15, 0.2) is 24.3 Å². The number of hydrogen-bond donors (Lipinski definition) is 0. The van der Waals surface area contributed by atoms with Gasteiger partial charge in [0.05, 0.1) is 14.8 Å². The minimum Gasteiger partial charge on any atom is -0.434 e. The summed E-state index contributed by atoms with van der Waals surface area (Å²) in [6, 6.07) is 6.38. The lowest BCUT2D eigenvalue weighted by Crippen LogP contribution is -2.05. The van der Waals surface area contributed by atoms with Crippen LogP contribution in [0.2, 0.25) is 5.15 Å². The molecule has 0 saturated heterocycles. The van der Waals surface area contributed by atoms with Crippen LogP contribution in [0, 0.1) is 3.57 Å². The predicted molar refractivity (Wildman–Crippen MR) is 81.2 cm³/mol. The van der Waals surface area contributed by atoms with Crippen LogP contribution in [0.1, 0.15) is 12.6 Å². The Morgan fingerprint density at radius 2 is 2.00 bits per heavy atom. The first-order chi connectivity index (χ1) is 9.52. The SMILES string of the molecule is CCc1nc(-c2ccccc2OC(F)F)nc(Cl)c1I. The van der Waals surface area contributed by atoms with Crippen LogP contribution < -0.4 is 4.74 Å². The van der Waals surface area contributed by atoms with Gasteiger partial charge in [-0.2, -0.15) is 8.78 Å². The van der Waals surface area contributed by atoms with Crippen molar-refractivity contribution >= 4 is 34.2 Å². The van der Waals surface area contributed by atoms with Gasteiger partial charge in [-0.3, -0.25) is 0 Å². The number of aryl methyl sites for hydroxylation is 1. The Morgan fingerprint density at radius 1 is 1.30 bits per heavy atom. The van der Waals surface area contributed by atoms with Crippen molar-refractivity contribution in [1.29, 1.82) is 0 Å². The molecule has 0 amide bonds. The molecule has 0 radical (unpaired) electrons. The molecule has 0 aliphatic rings. The zero-order chi connectivity index (χ0) is 14.7. The fraction of sp³-hybridized carbons (Fsp3) is 0.231. The van der Waals surface area contributed by atoms with Crippen LogP contribution in [0.25, 0.3) is 11.4 Å². The summed E-state index contributed by atoms with van der Waals surface area (Å²) in [5.41, 5.74) is 1.16. The van der Waals surface area contributed by atoms with E-state index in [2.05, 4.69) is 37.3 Å². The summed E-state index contributed by atoms with van der Waals surface area (Å²) in [5.74, 6) is 0.311. The monoisotopic (exact) mass is 410 g/mol. The highest BCUT2D eigenvalue weighted by Crippen LogP contribution is 2.31. The third kappa shape index (κ3) is 3.35. The van der Waals surface area contributed by atoms with Gasteiger partial charge in [-0.15, -0.1) is 0 Å². The molecule has 106 valence electrons. The fourth-order valence-corrected chi connectivity index (χ4v) is 2.48. The third-order valence-electron chi connectivity index (χ3n) is 2.56. The van der Waals surface area contributed by atoms with Gasteiger partial charge in [-0.25, -0.2) is 9.97 Å². The molecule has 0 aliphatic heterocycles. The summed E-state index contributed by atoms with van der Waals surface area (Å²) in [4.78, 5) is 8.50. The van der Waals surface area contributed by atoms with Gasteiger partial charge in [0.1, 0.15) is 10.9 Å². The largest absolute Gasteiger partial charge is 0.434 e. The fourth-order valence-electron chi connectivity index (χ4n) is 1.67. The Morgan fingerprint density at radius 3 is 2.65 bits per heavy atom. The average Bonchev–Trinajstić information content (AvgIpc) is 2.42. The summed E-state index contributed by atoms with van der Waals surface area (Å²) in [7, 11) is 0. The molecule has 0 unspecified atom stereocenters. The van der Waals surface area contributed by atoms with Gasteiger partial charge in [-0.1, -0.05) is 30.7 Å². The van der Waals surface area contributed by atoms with Crippen molar-refractivity contribution in [3.8, 4) is 17.1 Å². The van der Waals surface area contributed by atoms with Crippen LogP contribution >= 0.6 is 34.2 Å². The predicted octanol–water partition coefficient (Wildman–Crippen LogP) is 4.57. The topological polar surface area (TPSA) is 35.0 Å². The molecule has 0 saturated carbocycles. The van der Waals surface area contributed by atoms with Gasteiger partial charge < -0.3 is 4.74 Å². The number of halogens is 4. The number of rotatable bonds is 4. The summed E-state index contributed by atoms with van der Waals surface area (Å²) in [6.07, 6.45) is 0.672. The molecule has 20 heavy (non-hydrogen) atoms. The van der Waals surface area contributed by atoms with E-state index < -0.39 is 6.61 Å². The lowest BCUT2D eigenvalue weighted by molar-refractivity contribution is -0.0494. The first kappa shape index (κ1) is 15.4. The molecule has 0 fully saturated rings. The first-order valence-electron chi connectivity index (χ1n) is 5.79. The molecule has 2 aromatic rings. The molecular weight excluding hydrogens is 401 g/mol. The number of aromatic nitrogens is 2. The maximum Gasteiger partial charge on any atom is 0.387 e. The van der Waals surface area contributed by atoms with E-state index in [1.807, 2.05) is 6.92 Å². The van der Waals surface area contributed by atoms with Crippen molar-refractivity contribution < 1.29 is 13.5 Å². The molecule has 0 spiro atoms. The van der Waals surface area contributed by atoms with Crippen LogP contribution in [0.5, 0.6) is 5.75 Å². The highest BCUT2D eigenvalue weighted by molar-refractivity contribution is 14.1. The van der Waals surface area contributed by atoms with Crippen molar-refractivity contribution in [3.63, 3.8) is 0 Å². The lowest BCUT2D eigenvalue weighted by Gasteiger charge is -2.11. The summed E-state index contributed by atoms with van der Waals surface area (Å²) in [5, 5.41) is 0.305. The Hall–Kier alpha value is -1.02. The van der Waals surface area contributed by atoms with Gasteiger partial charge in [0.15, 0.2) is 5.82 Å². The van der Waals surface area contributed by atoms with Gasteiger partial charge in [0.25, 0.3) is 0 Å². The van der Waals surface area contributed by atoms with E-state index in [1.165, 1.54) is 6.07 Å². The van der Waals surface area contributed by atoms with Gasteiger partial charge in [0.2, 0.25) is 0 Å². The molecule has 0 atom stereocenters. The number of benzene rings is 1. The summed E-state index contributed by atoms with van der Waals surface area (Å²) >= 11 is 8.12. The van der Waals surface area contributed by atoms with E-state index in [9.17, 15) is 8.78 Å². The van der Waals surface area contributed by atoms with E-state index >= 15 is 0 Å². The number of nitrogens with zero attached hydrogens (tertiary/aromatic N) is 2. The minimum atomic E-state index is -2.90. The quantitative estimate of drug-likeness (QED) is 0.547. The normalized spacial score (nSPS) is 10.9. The van der Waals surface area contributed by atoms with Gasteiger partial charge >= 0.3 is 6.61 Å². The highest BCUT2D eigenvalue weighted by atomic mass is 127. The molecule has 1 aromatic carbocycles. The highest BCUT2D eigenvalue weighted by Gasteiger charge is 2.16. The van der Waals surface area contributed by atoms with Crippen LogP contribution in [-0.4, -0.2) is 16.6 Å². The Balaban J connectivity index is 2.54. The molecule has 7 heteroatoms. The number of alkyl halides is 2. The van der Waals surface area contributed by atoms with Crippen molar-refractivity contribution in [3.05, 3.63) is 38.7 Å². The van der Waals surface area contributed by atoms with E-state index in [4.69, 9.17) is 11.6 Å². The Bertz CT molecular complexity index is 625. The third-order valence-corrected chi connectivity index (χ3v) is 4.28. The van der Waals surface area contributed by atoms with E-state index in [-0.39, 0.29) is 11.6 Å². The minimum absolute atomic E-state index is 0.0295. The second-order valence-electron chi connectivity index (χ2n) is 3.83. The maximum absolute atomic E-state index is 12.4. The smallest absolute Gasteiger partial charge is 0.387 e. The van der Waals surface area contributed by atoms with Crippen LogP contribution in [0.3, 0.4) is 0 Å². The standard InChI is InChI=1S/C13H10ClF2IN2O/c1-2-8-10(17)11(14)19-12(18-8)7-5-3-4-6-9(7)20-13(15)16/h3-6,13H,2H2,1H3. The second-order valence-corrected chi connectivity index (χ2v) is 5.26. The molecule has 2 rings (SSSR count). The molecule has 0 bridgehead atoms. The van der Waals surface area contributed by atoms with Crippen LogP contribution in [-0.2, 0) is 6.42 Å². The summed E-state index contributed by atoms with van der Waals surface area (Å²) < 4.78 is 30.1. The van der Waals surface area contributed by atoms with Crippen molar-refractivity contribution in [2.75, 3.05) is 0 Å². The van der Waals surface area contributed by atoms with E-state index in [0.29, 0.717) is 17.1 Å².